The fourth-order valence-corrected chi connectivity index (χ4v) is 2.86. The molecule has 0 spiro atoms. The molecule has 0 aliphatic heterocycles. The first-order chi connectivity index (χ1) is 13.5. The number of ether oxygens (including phenoxy) is 1. The van der Waals surface area contributed by atoms with E-state index in [9.17, 15) is 9.18 Å². The van der Waals surface area contributed by atoms with Crippen molar-refractivity contribution in [3.8, 4) is 5.75 Å². The number of carbonyl (C=O) groups is 1. The van der Waals surface area contributed by atoms with Crippen LogP contribution in [0.15, 0.2) is 66.7 Å². The monoisotopic (exact) mass is 399 g/mol. The van der Waals surface area contributed by atoms with E-state index in [4.69, 9.17) is 21.4 Å². The van der Waals surface area contributed by atoms with Gasteiger partial charge in [-0.15, -0.1) is 0 Å². The zero-order valence-electron chi connectivity index (χ0n) is 15.0. The van der Waals surface area contributed by atoms with Crippen molar-refractivity contribution in [2.45, 2.75) is 19.7 Å². The predicted octanol–water partition coefficient (Wildman–Crippen LogP) is 5.05. The van der Waals surface area contributed by atoms with Crippen LogP contribution in [-0.4, -0.2) is 11.1 Å². The van der Waals surface area contributed by atoms with Gasteiger partial charge in [0.2, 0.25) is 0 Å². The van der Waals surface area contributed by atoms with E-state index in [0.29, 0.717) is 29.4 Å². The van der Waals surface area contributed by atoms with Crippen LogP contribution in [0.5, 0.6) is 5.75 Å². The maximum atomic E-state index is 13.8. The van der Waals surface area contributed by atoms with Crippen LogP contribution >= 0.6 is 11.6 Å². The minimum Gasteiger partial charge on any atom is -0.489 e. The summed E-state index contributed by atoms with van der Waals surface area (Å²) in [6, 6.07) is 18.8. The molecule has 3 aromatic carbocycles. The molecule has 0 heterocycles. The molecule has 2 N–H and O–H groups in total. The van der Waals surface area contributed by atoms with Gasteiger partial charge in [-0.3, -0.25) is 0 Å². The van der Waals surface area contributed by atoms with Crippen molar-refractivity contribution in [1.29, 1.82) is 0 Å². The molecular weight excluding hydrogens is 381 g/mol. The van der Waals surface area contributed by atoms with Crippen molar-refractivity contribution in [3.63, 3.8) is 0 Å². The zero-order valence-corrected chi connectivity index (χ0v) is 15.7. The van der Waals surface area contributed by atoms with E-state index in [1.165, 1.54) is 6.07 Å². The molecule has 0 atom stereocenters. The first kappa shape index (κ1) is 19.9. The molecule has 0 saturated carbocycles. The van der Waals surface area contributed by atoms with Crippen molar-refractivity contribution in [1.82, 2.24) is 5.32 Å². The van der Waals surface area contributed by atoms with Gasteiger partial charge in [-0.05, 0) is 47.5 Å². The molecule has 0 aliphatic rings. The molecule has 28 heavy (non-hydrogen) atoms. The highest BCUT2D eigenvalue weighted by molar-refractivity contribution is 6.31. The number of carboxylic acid groups (broad SMARTS) is 1. The van der Waals surface area contributed by atoms with Crippen LogP contribution in [0.1, 0.15) is 27.0 Å². The Morgan fingerprint density at radius 3 is 2.14 bits per heavy atom. The molecular formula is C22H19ClFNO3. The van der Waals surface area contributed by atoms with E-state index in [0.717, 1.165) is 11.1 Å². The van der Waals surface area contributed by atoms with Crippen molar-refractivity contribution in [2.75, 3.05) is 0 Å². The molecule has 0 bridgehead atoms. The van der Waals surface area contributed by atoms with E-state index in [2.05, 4.69) is 5.32 Å². The normalized spacial score (nSPS) is 10.6. The number of halogens is 2. The fourth-order valence-electron chi connectivity index (χ4n) is 2.65. The standard InChI is InChI=1S/C22H19ClFNO3/c23-20-2-1-3-21(24)19(20)14-28-18-10-6-16(7-11-18)13-25-12-15-4-8-17(9-5-15)22(26)27/h1-11,25H,12-14H2,(H,26,27). The Morgan fingerprint density at radius 1 is 0.964 bits per heavy atom. The second-order valence-electron chi connectivity index (χ2n) is 6.24. The quantitative estimate of drug-likeness (QED) is 0.556. The summed E-state index contributed by atoms with van der Waals surface area (Å²) in [6.07, 6.45) is 0. The van der Waals surface area contributed by atoms with Crippen LogP contribution in [0.4, 0.5) is 4.39 Å². The number of benzene rings is 3. The van der Waals surface area contributed by atoms with Gasteiger partial charge in [-0.2, -0.15) is 0 Å². The number of hydrogen-bond acceptors (Lipinski definition) is 3. The van der Waals surface area contributed by atoms with Crippen LogP contribution < -0.4 is 10.1 Å². The van der Waals surface area contributed by atoms with Crippen molar-refractivity contribution >= 4 is 17.6 Å². The van der Waals surface area contributed by atoms with Gasteiger partial charge in [0.1, 0.15) is 18.2 Å². The molecule has 0 aliphatic carbocycles. The summed E-state index contributed by atoms with van der Waals surface area (Å²) < 4.78 is 19.4. The van der Waals surface area contributed by atoms with Crippen molar-refractivity contribution < 1.29 is 19.0 Å². The SMILES string of the molecule is O=C(O)c1ccc(CNCc2ccc(OCc3c(F)cccc3Cl)cc2)cc1. The highest BCUT2D eigenvalue weighted by Gasteiger charge is 2.07. The summed E-state index contributed by atoms with van der Waals surface area (Å²) in [7, 11) is 0. The molecule has 0 unspecified atom stereocenters. The summed E-state index contributed by atoms with van der Waals surface area (Å²) in [5.41, 5.74) is 2.69. The Morgan fingerprint density at radius 2 is 1.57 bits per heavy atom. The third-order valence-corrected chi connectivity index (χ3v) is 4.58. The van der Waals surface area contributed by atoms with E-state index < -0.39 is 5.97 Å². The third kappa shape index (κ3) is 5.31. The lowest BCUT2D eigenvalue weighted by molar-refractivity contribution is 0.0697. The lowest BCUT2D eigenvalue weighted by Crippen LogP contribution is -2.12. The first-order valence-corrected chi connectivity index (χ1v) is 9.08. The maximum absolute atomic E-state index is 13.8. The summed E-state index contributed by atoms with van der Waals surface area (Å²) in [5, 5.41) is 12.6. The maximum Gasteiger partial charge on any atom is 0.335 e. The molecule has 4 nitrogen and oxygen atoms in total. The van der Waals surface area contributed by atoms with Gasteiger partial charge in [0.15, 0.2) is 0 Å². The Labute approximate surface area is 167 Å². The van der Waals surface area contributed by atoms with Crippen LogP contribution in [0, 0.1) is 5.82 Å². The number of carboxylic acids is 1. The molecule has 0 fully saturated rings. The number of aromatic carboxylic acids is 1. The molecule has 0 radical (unpaired) electrons. The Balaban J connectivity index is 1.48. The van der Waals surface area contributed by atoms with E-state index in [-0.39, 0.29) is 18.0 Å². The van der Waals surface area contributed by atoms with Crippen LogP contribution in [0.3, 0.4) is 0 Å². The second kappa shape index (κ2) is 9.35. The summed E-state index contributed by atoms with van der Waals surface area (Å²) in [4.78, 5) is 10.8. The lowest BCUT2D eigenvalue weighted by atomic mass is 10.1. The van der Waals surface area contributed by atoms with Crippen LogP contribution in [-0.2, 0) is 19.7 Å². The minimum absolute atomic E-state index is 0.0649. The largest absolute Gasteiger partial charge is 0.489 e. The summed E-state index contributed by atoms with van der Waals surface area (Å²) >= 11 is 6.00. The van der Waals surface area contributed by atoms with Gasteiger partial charge in [0.25, 0.3) is 0 Å². The Hall–Kier alpha value is -2.89. The van der Waals surface area contributed by atoms with E-state index in [1.54, 1.807) is 36.4 Å². The smallest absolute Gasteiger partial charge is 0.335 e. The van der Waals surface area contributed by atoms with Gasteiger partial charge in [0.05, 0.1) is 10.6 Å². The molecule has 0 aromatic heterocycles. The Kier molecular flexibility index (Phi) is 6.63. The second-order valence-corrected chi connectivity index (χ2v) is 6.65. The number of hydrogen-bond donors (Lipinski definition) is 2. The molecule has 144 valence electrons. The number of nitrogens with one attached hydrogen (secondary N) is 1. The predicted molar refractivity (Wildman–Crippen MR) is 106 cm³/mol. The molecule has 0 amide bonds. The highest BCUT2D eigenvalue weighted by atomic mass is 35.5. The van der Waals surface area contributed by atoms with E-state index in [1.807, 2.05) is 24.3 Å². The van der Waals surface area contributed by atoms with Gasteiger partial charge in [-0.1, -0.05) is 41.9 Å². The van der Waals surface area contributed by atoms with Gasteiger partial charge < -0.3 is 15.2 Å². The molecule has 6 heteroatoms. The minimum atomic E-state index is -0.931. The highest BCUT2D eigenvalue weighted by Crippen LogP contribution is 2.21. The fraction of sp³-hybridized carbons (Fsp3) is 0.136. The van der Waals surface area contributed by atoms with Gasteiger partial charge in [-0.25, -0.2) is 9.18 Å². The zero-order chi connectivity index (χ0) is 19.9. The molecule has 0 saturated heterocycles. The lowest BCUT2D eigenvalue weighted by Gasteiger charge is -2.10. The van der Waals surface area contributed by atoms with Crippen molar-refractivity contribution in [2.24, 2.45) is 0 Å². The average molecular weight is 400 g/mol. The molecule has 3 rings (SSSR count). The van der Waals surface area contributed by atoms with Crippen LogP contribution in [0.2, 0.25) is 5.02 Å². The first-order valence-electron chi connectivity index (χ1n) is 8.70. The molecule has 3 aromatic rings. The van der Waals surface area contributed by atoms with Crippen molar-refractivity contribution in [3.05, 3.63) is 99.8 Å². The summed E-state index contributed by atoms with van der Waals surface area (Å²) in [6.45, 7) is 1.35. The third-order valence-electron chi connectivity index (χ3n) is 4.23. The Bertz CT molecular complexity index is 923. The van der Waals surface area contributed by atoms with E-state index >= 15 is 0 Å². The van der Waals surface area contributed by atoms with Crippen LogP contribution in [0.25, 0.3) is 0 Å². The summed E-state index contributed by atoms with van der Waals surface area (Å²) in [5.74, 6) is -0.684. The van der Waals surface area contributed by atoms with Gasteiger partial charge in [0, 0.05) is 18.7 Å². The van der Waals surface area contributed by atoms with Gasteiger partial charge >= 0.3 is 5.97 Å². The average Bonchev–Trinajstić information content (AvgIpc) is 2.69. The topological polar surface area (TPSA) is 58.6 Å². The number of rotatable bonds is 8.